The van der Waals surface area contributed by atoms with Crippen molar-refractivity contribution in [2.75, 3.05) is 25.7 Å². The highest BCUT2D eigenvalue weighted by atomic mass is 32.2. The summed E-state index contributed by atoms with van der Waals surface area (Å²) in [7, 11) is 1.65. The van der Waals surface area contributed by atoms with Crippen molar-refractivity contribution in [2.45, 2.75) is 19.4 Å². The van der Waals surface area contributed by atoms with E-state index in [4.69, 9.17) is 15.2 Å². The van der Waals surface area contributed by atoms with E-state index in [1.165, 1.54) is 0 Å². The third kappa shape index (κ3) is 4.48. The number of benzene rings is 1. The van der Waals surface area contributed by atoms with Crippen LogP contribution < -0.4 is 15.2 Å². The molecule has 4 heteroatoms. The Balaban J connectivity index is 2.71. The maximum absolute atomic E-state index is 5.91. The molecule has 0 heterocycles. The maximum Gasteiger partial charge on any atom is 0.127 e. The third-order valence-corrected chi connectivity index (χ3v) is 3.16. The van der Waals surface area contributed by atoms with Gasteiger partial charge in [-0.1, -0.05) is 6.07 Å². The minimum absolute atomic E-state index is 0.0311. The van der Waals surface area contributed by atoms with Gasteiger partial charge in [-0.2, -0.15) is 11.8 Å². The Morgan fingerprint density at radius 1 is 1.41 bits per heavy atom. The van der Waals surface area contributed by atoms with Crippen molar-refractivity contribution in [2.24, 2.45) is 5.73 Å². The van der Waals surface area contributed by atoms with Crippen molar-refractivity contribution >= 4 is 11.8 Å². The lowest BCUT2D eigenvalue weighted by molar-refractivity contribution is 0.311. The number of hydrogen-bond acceptors (Lipinski definition) is 4. The average Bonchev–Trinajstić information content (AvgIpc) is 2.34. The van der Waals surface area contributed by atoms with E-state index in [1.807, 2.05) is 36.9 Å². The molecule has 0 fully saturated rings. The van der Waals surface area contributed by atoms with Gasteiger partial charge in [-0.15, -0.1) is 0 Å². The first kappa shape index (κ1) is 14.2. The van der Waals surface area contributed by atoms with Crippen molar-refractivity contribution in [1.29, 1.82) is 0 Å². The molecule has 0 aliphatic rings. The molecule has 0 saturated carbocycles. The van der Waals surface area contributed by atoms with Crippen LogP contribution in [-0.4, -0.2) is 25.7 Å². The van der Waals surface area contributed by atoms with Gasteiger partial charge in [0.05, 0.1) is 13.7 Å². The van der Waals surface area contributed by atoms with Crippen LogP contribution in [-0.2, 0) is 0 Å². The Kier molecular flexibility index (Phi) is 6.22. The van der Waals surface area contributed by atoms with Crippen LogP contribution in [0, 0.1) is 0 Å². The summed E-state index contributed by atoms with van der Waals surface area (Å²) >= 11 is 1.83. The van der Waals surface area contributed by atoms with Gasteiger partial charge >= 0.3 is 0 Å². The zero-order valence-corrected chi connectivity index (χ0v) is 11.5. The van der Waals surface area contributed by atoms with E-state index >= 15 is 0 Å². The van der Waals surface area contributed by atoms with Crippen LogP contribution in [0.15, 0.2) is 18.2 Å². The highest BCUT2D eigenvalue weighted by Crippen LogP contribution is 2.28. The average molecular weight is 255 g/mol. The number of ether oxygens (including phenoxy) is 2. The Bertz CT molecular complexity index is 342. The minimum Gasteiger partial charge on any atom is -0.497 e. The molecule has 1 aromatic rings. The summed E-state index contributed by atoms with van der Waals surface area (Å²) in [5.41, 5.74) is 6.93. The van der Waals surface area contributed by atoms with Gasteiger partial charge in [0.15, 0.2) is 0 Å². The first-order valence-corrected chi connectivity index (χ1v) is 7.13. The fourth-order valence-electron chi connectivity index (χ4n) is 1.53. The van der Waals surface area contributed by atoms with Gasteiger partial charge in [-0.05, 0) is 31.4 Å². The lowest BCUT2D eigenvalue weighted by atomic mass is 10.1. The van der Waals surface area contributed by atoms with Gasteiger partial charge in [0.2, 0.25) is 0 Å². The predicted molar refractivity (Wildman–Crippen MR) is 74.1 cm³/mol. The van der Waals surface area contributed by atoms with Crippen LogP contribution in [0.5, 0.6) is 11.5 Å². The van der Waals surface area contributed by atoms with Gasteiger partial charge in [0, 0.05) is 17.7 Å². The number of hydrogen-bond donors (Lipinski definition) is 1. The van der Waals surface area contributed by atoms with Crippen LogP contribution in [0.4, 0.5) is 0 Å². The van der Waals surface area contributed by atoms with Crippen molar-refractivity contribution in [3.8, 4) is 11.5 Å². The van der Waals surface area contributed by atoms with Gasteiger partial charge < -0.3 is 15.2 Å². The molecule has 1 atom stereocenters. The van der Waals surface area contributed by atoms with E-state index in [0.29, 0.717) is 6.61 Å². The number of rotatable bonds is 7. The second-order valence-electron chi connectivity index (χ2n) is 3.89. The Labute approximate surface area is 108 Å². The lowest BCUT2D eigenvalue weighted by Gasteiger charge is -2.15. The second-order valence-corrected chi connectivity index (χ2v) is 4.87. The normalized spacial score (nSPS) is 12.2. The van der Waals surface area contributed by atoms with Gasteiger partial charge in [-0.25, -0.2) is 0 Å². The smallest absolute Gasteiger partial charge is 0.127 e. The molecule has 0 radical (unpaired) electrons. The largest absolute Gasteiger partial charge is 0.497 e. The molecule has 1 unspecified atom stereocenters. The number of methoxy groups -OCH3 is 1. The van der Waals surface area contributed by atoms with E-state index in [0.717, 1.165) is 29.2 Å². The van der Waals surface area contributed by atoms with E-state index in [9.17, 15) is 0 Å². The molecule has 0 aliphatic heterocycles. The third-order valence-electron chi connectivity index (χ3n) is 2.46. The number of thioether (sulfide) groups is 1. The fraction of sp³-hybridized carbons (Fsp3) is 0.538. The summed E-state index contributed by atoms with van der Waals surface area (Å²) in [6, 6.07) is 5.75. The van der Waals surface area contributed by atoms with E-state index in [1.54, 1.807) is 7.11 Å². The number of nitrogens with two attached hydrogens (primary N) is 1. The molecule has 0 aromatic heterocycles. The molecule has 2 N–H and O–H groups in total. The lowest BCUT2D eigenvalue weighted by Crippen LogP contribution is -2.09. The van der Waals surface area contributed by atoms with Crippen LogP contribution in [0.1, 0.15) is 24.9 Å². The SMILES string of the molecule is COc1ccc(C(C)N)c(OCCCSC)c1. The van der Waals surface area contributed by atoms with Crippen LogP contribution >= 0.6 is 11.8 Å². The second kappa shape index (κ2) is 7.45. The summed E-state index contributed by atoms with van der Waals surface area (Å²) in [4.78, 5) is 0. The quantitative estimate of drug-likeness (QED) is 0.761. The highest BCUT2D eigenvalue weighted by Gasteiger charge is 2.09. The van der Waals surface area contributed by atoms with Crippen molar-refractivity contribution < 1.29 is 9.47 Å². The van der Waals surface area contributed by atoms with Crippen molar-refractivity contribution in [3.63, 3.8) is 0 Å². The molecule has 3 nitrogen and oxygen atoms in total. The monoisotopic (exact) mass is 255 g/mol. The highest BCUT2D eigenvalue weighted by molar-refractivity contribution is 7.98. The van der Waals surface area contributed by atoms with Crippen LogP contribution in [0.3, 0.4) is 0 Å². The summed E-state index contributed by atoms with van der Waals surface area (Å²) in [6.45, 7) is 2.67. The molecule has 0 amide bonds. The maximum atomic E-state index is 5.91. The molecule has 0 saturated heterocycles. The zero-order chi connectivity index (χ0) is 12.7. The summed E-state index contributed by atoms with van der Waals surface area (Å²) < 4.78 is 11.0. The Morgan fingerprint density at radius 2 is 2.18 bits per heavy atom. The predicted octanol–water partition coefficient (Wildman–Crippen LogP) is 2.85. The molecule has 1 aromatic carbocycles. The molecular formula is C13H21NO2S. The molecule has 17 heavy (non-hydrogen) atoms. The molecule has 96 valence electrons. The van der Waals surface area contributed by atoms with Gasteiger partial charge in [0.1, 0.15) is 11.5 Å². The first-order valence-electron chi connectivity index (χ1n) is 5.74. The first-order chi connectivity index (χ1) is 8.19. The molecular weight excluding hydrogens is 234 g/mol. The molecule has 0 bridgehead atoms. The Hall–Kier alpha value is -0.870. The van der Waals surface area contributed by atoms with Crippen LogP contribution in [0.25, 0.3) is 0 Å². The summed E-state index contributed by atoms with van der Waals surface area (Å²) in [5, 5.41) is 0. The summed E-state index contributed by atoms with van der Waals surface area (Å²) in [6.07, 6.45) is 3.13. The van der Waals surface area contributed by atoms with Crippen molar-refractivity contribution in [3.05, 3.63) is 23.8 Å². The minimum atomic E-state index is -0.0311. The van der Waals surface area contributed by atoms with E-state index in [-0.39, 0.29) is 6.04 Å². The van der Waals surface area contributed by atoms with E-state index < -0.39 is 0 Å². The zero-order valence-electron chi connectivity index (χ0n) is 10.7. The molecule has 0 spiro atoms. The topological polar surface area (TPSA) is 44.5 Å². The van der Waals surface area contributed by atoms with Crippen molar-refractivity contribution in [1.82, 2.24) is 0 Å². The summed E-state index contributed by atoms with van der Waals surface area (Å²) in [5.74, 6) is 2.74. The standard InChI is InChI=1S/C13H21NO2S/c1-10(14)12-6-5-11(15-2)9-13(12)16-7-4-8-17-3/h5-6,9-10H,4,7-8,14H2,1-3H3. The molecule has 1 rings (SSSR count). The van der Waals surface area contributed by atoms with Crippen LogP contribution in [0.2, 0.25) is 0 Å². The fourth-order valence-corrected chi connectivity index (χ4v) is 1.93. The Morgan fingerprint density at radius 3 is 2.76 bits per heavy atom. The van der Waals surface area contributed by atoms with Gasteiger partial charge in [0.25, 0.3) is 0 Å². The molecule has 0 aliphatic carbocycles. The van der Waals surface area contributed by atoms with Gasteiger partial charge in [-0.3, -0.25) is 0 Å². The van der Waals surface area contributed by atoms with E-state index in [2.05, 4.69) is 6.26 Å².